The van der Waals surface area contributed by atoms with Gasteiger partial charge in [-0.05, 0) is 86.1 Å². The van der Waals surface area contributed by atoms with Crippen LogP contribution in [0.5, 0.6) is 5.75 Å². The Hall–Kier alpha value is -2.68. The highest BCUT2D eigenvalue weighted by Crippen LogP contribution is 2.32. The van der Waals surface area contributed by atoms with Crippen molar-refractivity contribution in [3.05, 3.63) is 87.7 Å². The van der Waals surface area contributed by atoms with Gasteiger partial charge in [-0.2, -0.15) is 0 Å². The number of ether oxygens (including phenoxy) is 1. The Labute approximate surface area is 264 Å². The third-order valence-electron chi connectivity index (χ3n) is 8.78. The van der Waals surface area contributed by atoms with Crippen LogP contribution < -0.4 is 10.5 Å². The first-order valence-corrected chi connectivity index (χ1v) is 16.0. The molecule has 2 fully saturated rings. The molecule has 0 radical (unpaired) electrons. The molecular formula is C34H41Cl2FN4O2. The maximum Gasteiger partial charge on any atom is 0.239 e. The number of nitrogens with two attached hydrogens (primary N) is 1. The van der Waals surface area contributed by atoms with E-state index in [-0.39, 0.29) is 17.6 Å². The molecule has 0 spiro atoms. The first kappa shape index (κ1) is 31.7. The van der Waals surface area contributed by atoms with E-state index >= 15 is 0 Å². The molecule has 9 heteroatoms. The summed E-state index contributed by atoms with van der Waals surface area (Å²) in [5.74, 6) is 0.264. The lowest BCUT2D eigenvalue weighted by Crippen LogP contribution is -2.55. The Morgan fingerprint density at radius 3 is 2.40 bits per heavy atom. The molecule has 0 saturated carbocycles. The van der Waals surface area contributed by atoms with E-state index in [0.29, 0.717) is 55.7 Å². The van der Waals surface area contributed by atoms with E-state index in [2.05, 4.69) is 46.2 Å². The molecule has 0 aliphatic carbocycles. The summed E-state index contributed by atoms with van der Waals surface area (Å²) in [5.41, 5.74) is 10.7. The fourth-order valence-corrected chi connectivity index (χ4v) is 6.69. The summed E-state index contributed by atoms with van der Waals surface area (Å²) >= 11 is 12.6. The van der Waals surface area contributed by atoms with Gasteiger partial charge in [0.2, 0.25) is 5.91 Å². The van der Waals surface area contributed by atoms with Gasteiger partial charge in [-0.15, -0.1) is 0 Å². The van der Waals surface area contributed by atoms with Crippen LogP contribution >= 0.6 is 23.2 Å². The van der Waals surface area contributed by atoms with Gasteiger partial charge >= 0.3 is 0 Å². The SMILES string of the molecule is CCOc1c(Cl)ccc(F)c1CN1CCN(C(=O)[C@H](N)C2CCN(CCc3cc(Cl)ccc3-c3ccccc3)CC2)CC1. The Kier molecular flexibility index (Phi) is 11.0. The maximum atomic E-state index is 14.6. The summed E-state index contributed by atoms with van der Waals surface area (Å²) in [5, 5.41) is 1.16. The van der Waals surface area contributed by atoms with E-state index in [1.807, 2.05) is 24.0 Å². The van der Waals surface area contributed by atoms with Crippen molar-refractivity contribution in [2.75, 3.05) is 52.4 Å². The predicted octanol–water partition coefficient (Wildman–Crippen LogP) is 6.12. The number of carbonyl (C=O) groups is 1. The van der Waals surface area contributed by atoms with Crippen molar-refractivity contribution in [3.63, 3.8) is 0 Å². The second kappa shape index (κ2) is 14.9. The molecule has 0 bridgehead atoms. The summed E-state index contributed by atoms with van der Waals surface area (Å²) in [7, 11) is 0. The van der Waals surface area contributed by atoms with Crippen LogP contribution in [0.3, 0.4) is 0 Å². The molecule has 0 aromatic heterocycles. The molecule has 5 rings (SSSR count). The molecule has 3 aromatic rings. The quantitative estimate of drug-likeness (QED) is 0.294. The molecule has 2 aliphatic heterocycles. The Balaban J connectivity index is 1.09. The summed E-state index contributed by atoms with van der Waals surface area (Å²) in [6.07, 6.45) is 2.72. The number of piperazine rings is 1. The number of hydrogen-bond donors (Lipinski definition) is 1. The molecule has 1 atom stereocenters. The molecule has 2 N–H and O–H groups in total. The van der Waals surface area contributed by atoms with Crippen LogP contribution in [0.15, 0.2) is 60.7 Å². The lowest BCUT2D eigenvalue weighted by atomic mass is 9.88. The Morgan fingerprint density at radius 1 is 0.977 bits per heavy atom. The molecule has 0 unspecified atom stereocenters. The number of benzene rings is 3. The molecule has 2 saturated heterocycles. The minimum Gasteiger partial charge on any atom is -0.492 e. The van der Waals surface area contributed by atoms with Gasteiger partial charge in [0.1, 0.15) is 11.6 Å². The van der Waals surface area contributed by atoms with Crippen molar-refractivity contribution in [3.8, 4) is 16.9 Å². The van der Waals surface area contributed by atoms with Crippen molar-refractivity contribution in [1.82, 2.24) is 14.7 Å². The van der Waals surface area contributed by atoms with Crippen LogP contribution in [0.1, 0.15) is 30.9 Å². The number of carbonyl (C=O) groups excluding carboxylic acids is 1. The van der Waals surface area contributed by atoms with Crippen LogP contribution in [-0.2, 0) is 17.8 Å². The van der Waals surface area contributed by atoms with Gasteiger partial charge in [0, 0.05) is 49.9 Å². The molecule has 2 heterocycles. The zero-order valence-corrected chi connectivity index (χ0v) is 26.3. The fraction of sp³-hybridized carbons (Fsp3) is 0.441. The summed E-state index contributed by atoms with van der Waals surface area (Å²) in [4.78, 5) is 19.8. The van der Waals surface area contributed by atoms with Crippen LogP contribution in [0.2, 0.25) is 10.0 Å². The van der Waals surface area contributed by atoms with Crippen LogP contribution in [0, 0.1) is 11.7 Å². The standard InChI is InChI=1S/C34H41Cl2FN4O2/c1-2-43-33-29(31(37)11-10-30(33)36)23-40-18-20-41(21-19-40)34(42)32(38)25-12-15-39(16-13-25)17-14-26-22-27(35)8-9-28(26)24-6-4-3-5-7-24/h3-11,22,25,32H,2,12-21,23,38H2,1H3/t32-/m1/s1. The van der Waals surface area contributed by atoms with Crippen LogP contribution in [-0.4, -0.2) is 79.1 Å². The minimum absolute atomic E-state index is 0.0217. The van der Waals surface area contributed by atoms with E-state index in [1.54, 1.807) is 0 Å². The first-order valence-electron chi connectivity index (χ1n) is 15.3. The van der Waals surface area contributed by atoms with E-state index in [9.17, 15) is 9.18 Å². The van der Waals surface area contributed by atoms with Crippen molar-refractivity contribution in [2.24, 2.45) is 11.7 Å². The highest BCUT2D eigenvalue weighted by atomic mass is 35.5. The third kappa shape index (κ3) is 7.89. The molecule has 43 heavy (non-hydrogen) atoms. The van der Waals surface area contributed by atoms with E-state index in [4.69, 9.17) is 33.7 Å². The average molecular weight is 628 g/mol. The summed E-state index contributed by atoms with van der Waals surface area (Å²) in [6.45, 7) is 7.86. The Morgan fingerprint density at radius 2 is 1.70 bits per heavy atom. The van der Waals surface area contributed by atoms with Crippen LogP contribution in [0.25, 0.3) is 11.1 Å². The predicted molar refractivity (Wildman–Crippen MR) is 172 cm³/mol. The number of halogens is 3. The monoisotopic (exact) mass is 626 g/mol. The third-order valence-corrected chi connectivity index (χ3v) is 9.32. The fourth-order valence-electron chi connectivity index (χ4n) is 6.27. The Bertz CT molecular complexity index is 1380. The highest BCUT2D eigenvalue weighted by molar-refractivity contribution is 6.32. The zero-order chi connectivity index (χ0) is 30.3. The zero-order valence-electron chi connectivity index (χ0n) is 24.8. The second-order valence-electron chi connectivity index (χ2n) is 11.5. The number of likely N-dealkylation sites (tertiary alicyclic amines) is 1. The number of rotatable bonds is 10. The number of hydrogen-bond acceptors (Lipinski definition) is 5. The summed E-state index contributed by atoms with van der Waals surface area (Å²) < 4.78 is 20.3. The van der Waals surface area contributed by atoms with E-state index in [0.717, 1.165) is 43.9 Å². The lowest BCUT2D eigenvalue weighted by molar-refractivity contribution is -0.136. The van der Waals surface area contributed by atoms with Gasteiger partial charge in [-0.1, -0.05) is 59.6 Å². The largest absolute Gasteiger partial charge is 0.492 e. The van der Waals surface area contributed by atoms with Crippen molar-refractivity contribution >= 4 is 29.1 Å². The van der Waals surface area contributed by atoms with Crippen molar-refractivity contribution in [1.29, 1.82) is 0 Å². The molecule has 1 amide bonds. The van der Waals surface area contributed by atoms with Gasteiger partial charge in [0.05, 0.1) is 17.7 Å². The maximum absolute atomic E-state index is 14.6. The van der Waals surface area contributed by atoms with Gasteiger partial charge in [0.25, 0.3) is 0 Å². The van der Waals surface area contributed by atoms with Crippen molar-refractivity contribution < 1.29 is 13.9 Å². The average Bonchev–Trinajstić information content (AvgIpc) is 3.04. The second-order valence-corrected chi connectivity index (χ2v) is 12.3. The molecule has 6 nitrogen and oxygen atoms in total. The summed E-state index contributed by atoms with van der Waals surface area (Å²) in [6, 6.07) is 19.0. The van der Waals surface area contributed by atoms with Gasteiger partial charge in [-0.3, -0.25) is 9.69 Å². The minimum atomic E-state index is -0.499. The van der Waals surface area contributed by atoms with E-state index < -0.39 is 6.04 Å². The normalized spacial score (nSPS) is 17.7. The van der Waals surface area contributed by atoms with Gasteiger partial charge in [0.15, 0.2) is 0 Å². The first-order chi connectivity index (χ1) is 20.8. The molecule has 230 valence electrons. The highest BCUT2D eigenvalue weighted by Gasteiger charge is 2.33. The molecule has 2 aliphatic rings. The topological polar surface area (TPSA) is 62.0 Å². The lowest BCUT2D eigenvalue weighted by Gasteiger charge is -2.39. The van der Waals surface area contributed by atoms with Crippen LogP contribution in [0.4, 0.5) is 4.39 Å². The van der Waals surface area contributed by atoms with E-state index in [1.165, 1.54) is 28.8 Å². The van der Waals surface area contributed by atoms with Gasteiger partial charge < -0.3 is 20.3 Å². The number of amides is 1. The molecule has 3 aromatic carbocycles. The van der Waals surface area contributed by atoms with Gasteiger partial charge in [-0.25, -0.2) is 4.39 Å². The number of nitrogens with zero attached hydrogens (tertiary/aromatic N) is 3. The molecular weight excluding hydrogens is 586 g/mol. The number of piperidine rings is 1. The smallest absolute Gasteiger partial charge is 0.239 e. The van der Waals surface area contributed by atoms with Crippen molar-refractivity contribution in [2.45, 2.75) is 38.8 Å².